The molecule has 0 aliphatic rings. The van der Waals surface area contributed by atoms with E-state index in [4.69, 9.17) is 4.74 Å². The minimum atomic E-state index is 0.774. The van der Waals surface area contributed by atoms with Gasteiger partial charge >= 0.3 is 0 Å². The zero-order chi connectivity index (χ0) is 11.4. The monoisotopic (exact) mass is 213 g/mol. The van der Waals surface area contributed by atoms with Gasteiger partial charge in [-0.05, 0) is 12.3 Å². The summed E-state index contributed by atoms with van der Waals surface area (Å²) in [6.07, 6.45) is 10.1. The van der Waals surface area contributed by atoms with Crippen LogP contribution in [0.2, 0.25) is 0 Å². The third-order valence-electron chi connectivity index (χ3n) is 3.05. The predicted molar refractivity (Wildman–Crippen MR) is 68.0 cm³/mol. The van der Waals surface area contributed by atoms with Gasteiger partial charge in [0.05, 0.1) is 0 Å². The lowest BCUT2D eigenvalue weighted by Gasteiger charge is -2.12. The molecule has 0 bridgehead atoms. The van der Waals surface area contributed by atoms with Crippen molar-refractivity contribution in [3.63, 3.8) is 0 Å². The summed E-state index contributed by atoms with van der Waals surface area (Å²) in [5.41, 5.74) is 0. The van der Waals surface area contributed by atoms with Gasteiger partial charge in [0.2, 0.25) is 0 Å². The van der Waals surface area contributed by atoms with Gasteiger partial charge in [0.25, 0.3) is 0 Å². The van der Waals surface area contributed by atoms with Crippen molar-refractivity contribution in [2.45, 2.75) is 65.2 Å². The lowest BCUT2D eigenvalue weighted by atomic mass is 10.1. The first-order chi connectivity index (χ1) is 7.35. The number of ether oxygens (including phenoxy) is 1. The molecule has 0 aliphatic carbocycles. The largest absolute Gasteiger partial charge is 0.381 e. The summed E-state index contributed by atoms with van der Waals surface area (Å²) in [6.45, 7) is 10.3. The van der Waals surface area contributed by atoms with Gasteiger partial charge in [0.1, 0.15) is 0 Å². The van der Waals surface area contributed by atoms with E-state index in [1.54, 1.807) is 0 Å². The topological polar surface area (TPSA) is 9.23 Å². The minimum Gasteiger partial charge on any atom is -0.381 e. The zero-order valence-electron chi connectivity index (χ0n) is 10.8. The van der Waals surface area contributed by atoms with Gasteiger partial charge in [0.15, 0.2) is 0 Å². The van der Waals surface area contributed by atoms with E-state index >= 15 is 0 Å². The maximum atomic E-state index is 5.67. The molecule has 0 amide bonds. The third-order valence-corrected chi connectivity index (χ3v) is 3.05. The first-order valence-corrected chi connectivity index (χ1v) is 6.72. The Kier molecular flexibility index (Phi) is 12.0. The van der Waals surface area contributed by atoms with Crippen LogP contribution in [0.3, 0.4) is 0 Å². The second kappa shape index (κ2) is 12.0. The zero-order valence-corrected chi connectivity index (χ0v) is 10.8. The van der Waals surface area contributed by atoms with Crippen molar-refractivity contribution in [2.75, 3.05) is 13.2 Å². The van der Waals surface area contributed by atoms with Crippen molar-refractivity contribution in [3.05, 3.63) is 6.92 Å². The predicted octanol–water partition coefficient (Wildman–Crippen LogP) is 4.61. The van der Waals surface area contributed by atoms with Crippen molar-refractivity contribution < 1.29 is 4.74 Å². The van der Waals surface area contributed by atoms with Gasteiger partial charge in [-0.1, -0.05) is 65.7 Å². The fraction of sp³-hybridized carbons (Fsp3) is 0.929. The van der Waals surface area contributed by atoms with Crippen LogP contribution in [0, 0.1) is 12.8 Å². The van der Waals surface area contributed by atoms with E-state index in [0.717, 1.165) is 25.6 Å². The van der Waals surface area contributed by atoms with Crippen LogP contribution >= 0.6 is 0 Å². The molecule has 1 nitrogen and oxygen atoms in total. The van der Waals surface area contributed by atoms with Crippen molar-refractivity contribution in [1.82, 2.24) is 0 Å². The maximum Gasteiger partial charge on any atom is 0.0494 e. The van der Waals surface area contributed by atoms with Gasteiger partial charge in [-0.15, -0.1) is 0 Å². The van der Waals surface area contributed by atoms with Gasteiger partial charge in [-0.25, -0.2) is 0 Å². The summed E-state index contributed by atoms with van der Waals surface area (Å²) >= 11 is 0. The average Bonchev–Trinajstić information content (AvgIpc) is 2.27. The Morgan fingerprint density at radius 3 is 2.13 bits per heavy atom. The Morgan fingerprint density at radius 1 is 0.933 bits per heavy atom. The van der Waals surface area contributed by atoms with E-state index in [0.29, 0.717) is 0 Å². The van der Waals surface area contributed by atoms with Crippen molar-refractivity contribution in [2.24, 2.45) is 5.92 Å². The summed E-state index contributed by atoms with van der Waals surface area (Å²) in [6, 6.07) is 0. The lowest BCUT2D eigenvalue weighted by molar-refractivity contribution is 0.0932. The molecule has 0 rings (SSSR count). The van der Waals surface area contributed by atoms with Crippen molar-refractivity contribution in [3.8, 4) is 0 Å². The number of unbranched alkanes of at least 4 members (excludes halogenated alkanes) is 5. The SMILES string of the molecule is [CH2]CCCCCCCOCC(CC)CC. The quantitative estimate of drug-likeness (QED) is 0.455. The smallest absolute Gasteiger partial charge is 0.0494 e. The van der Waals surface area contributed by atoms with E-state index < -0.39 is 0 Å². The molecule has 0 aromatic heterocycles. The molecule has 0 N–H and O–H groups in total. The van der Waals surface area contributed by atoms with Crippen molar-refractivity contribution in [1.29, 1.82) is 0 Å². The fourth-order valence-electron chi connectivity index (χ4n) is 1.69. The number of hydrogen-bond acceptors (Lipinski definition) is 1. The molecule has 0 aliphatic heterocycles. The molecular formula is C14H29O. The van der Waals surface area contributed by atoms with E-state index in [1.807, 2.05) is 0 Å². The van der Waals surface area contributed by atoms with Gasteiger partial charge in [-0.3, -0.25) is 0 Å². The van der Waals surface area contributed by atoms with Crippen molar-refractivity contribution >= 4 is 0 Å². The molecule has 0 saturated heterocycles. The molecule has 0 unspecified atom stereocenters. The molecule has 0 saturated carbocycles. The first kappa shape index (κ1) is 15.0. The summed E-state index contributed by atoms with van der Waals surface area (Å²) in [5.74, 6) is 0.774. The Labute approximate surface area is 96.6 Å². The Balaban J connectivity index is 3.04. The molecule has 0 fully saturated rings. The summed E-state index contributed by atoms with van der Waals surface area (Å²) in [7, 11) is 0. The van der Waals surface area contributed by atoms with Crippen LogP contribution in [-0.4, -0.2) is 13.2 Å². The second-order valence-corrected chi connectivity index (χ2v) is 4.38. The Hall–Kier alpha value is -0.0400. The van der Waals surface area contributed by atoms with E-state index in [-0.39, 0.29) is 0 Å². The summed E-state index contributed by atoms with van der Waals surface area (Å²) in [5, 5.41) is 0. The normalized spacial score (nSPS) is 11.2. The third kappa shape index (κ3) is 10.2. The molecule has 0 spiro atoms. The van der Waals surface area contributed by atoms with Crippen LogP contribution in [0.4, 0.5) is 0 Å². The highest BCUT2D eigenvalue weighted by Gasteiger charge is 2.02. The first-order valence-electron chi connectivity index (χ1n) is 6.72. The van der Waals surface area contributed by atoms with Crippen LogP contribution in [0.1, 0.15) is 65.2 Å². The fourth-order valence-corrected chi connectivity index (χ4v) is 1.69. The molecule has 0 heterocycles. The van der Waals surface area contributed by atoms with Crippen LogP contribution in [0.15, 0.2) is 0 Å². The molecule has 1 radical (unpaired) electrons. The molecule has 91 valence electrons. The molecular weight excluding hydrogens is 184 g/mol. The Morgan fingerprint density at radius 2 is 1.53 bits per heavy atom. The standard InChI is InChI=1S/C14H29O/c1-4-7-8-9-10-11-12-15-13-14(5-2)6-3/h14H,1,4-13H2,2-3H3. The summed E-state index contributed by atoms with van der Waals surface area (Å²) < 4.78 is 5.67. The van der Waals surface area contributed by atoms with E-state index in [9.17, 15) is 0 Å². The molecule has 1 heteroatoms. The van der Waals surface area contributed by atoms with Gasteiger partial charge < -0.3 is 4.74 Å². The summed E-state index contributed by atoms with van der Waals surface area (Å²) in [4.78, 5) is 0. The van der Waals surface area contributed by atoms with Crippen LogP contribution < -0.4 is 0 Å². The molecule has 15 heavy (non-hydrogen) atoms. The highest BCUT2D eigenvalue weighted by atomic mass is 16.5. The minimum absolute atomic E-state index is 0.774. The van der Waals surface area contributed by atoms with Crippen LogP contribution in [-0.2, 0) is 4.74 Å². The van der Waals surface area contributed by atoms with Crippen LogP contribution in [0.25, 0.3) is 0 Å². The van der Waals surface area contributed by atoms with Gasteiger partial charge in [0, 0.05) is 13.2 Å². The number of rotatable bonds is 11. The lowest BCUT2D eigenvalue weighted by Crippen LogP contribution is -2.08. The average molecular weight is 213 g/mol. The molecule has 0 aromatic carbocycles. The highest BCUT2D eigenvalue weighted by Crippen LogP contribution is 2.09. The van der Waals surface area contributed by atoms with Gasteiger partial charge in [-0.2, -0.15) is 0 Å². The highest BCUT2D eigenvalue weighted by molar-refractivity contribution is 4.52. The molecule has 0 aromatic rings. The van der Waals surface area contributed by atoms with E-state index in [1.165, 1.54) is 44.9 Å². The number of hydrogen-bond donors (Lipinski definition) is 0. The van der Waals surface area contributed by atoms with E-state index in [2.05, 4.69) is 20.8 Å². The van der Waals surface area contributed by atoms with Crippen LogP contribution in [0.5, 0.6) is 0 Å². The molecule has 0 atom stereocenters. The maximum absolute atomic E-state index is 5.67. The second-order valence-electron chi connectivity index (χ2n) is 4.38. The Bertz CT molecular complexity index is 108.